The summed E-state index contributed by atoms with van der Waals surface area (Å²) in [4.78, 5) is 16.7. The van der Waals surface area contributed by atoms with Crippen molar-refractivity contribution in [2.45, 2.75) is 11.4 Å². The molecule has 12 heteroatoms. The molecule has 3 aromatic rings. The molecule has 0 atom stereocenters. The van der Waals surface area contributed by atoms with Gasteiger partial charge in [0.15, 0.2) is 0 Å². The summed E-state index contributed by atoms with van der Waals surface area (Å²) in [6, 6.07) is 10.3. The SMILES string of the molecule is CN1CCN(c2ccc(C(F)(F)F)cc2NC(=O)CSc2nnc(-c3cccc(Cl)c3)o2)CC1. The van der Waals surface area contributed by atoms with Gasteiger partial charge in [0.05, 0.1) is 22.7 Å². The number of nitrogens with zero attached hydrogens (tertiary/aromatic N) is 4. The maximum atomic E-state index is 13.3. The van der Waals surface area contributed by atoms with E-state index in [4.69, 9.17) is 16.0 Å². The van der Waals surface area contributed by atoms with Crippen molar-refractivity contribution in [3.8, 4) is 11.5 Å². The third kappa shape index (κ3) is 6.02. The molecule has 0 saturated carbocycles. The smallest absolute Gasteiger partial charge is 0.411 e. The summed E-state index contributed by atoms with van der Waals surface area (Å²) in [6.07, 6.45) is -4.52. The first-order chi connectivity index (χ1) is 16.2. The lowest BCUT2D eigenvalue weighted by Crippen LogP contribution is -2.44. The zero-order valence-corrected chi connectivity index (χ0v) is 19.7. The Morgan fingerprint density at radius 1 is 1.15 bits per heavy atom. The van der Waals surface area contributed by atoms with Gasteiger partial charge in [-0.3, -0.25) is 4.79 Å². The highest BCUT2D eigenvalue weighted by Crippen LogP contribution is 2.36. The van der Waals surface area contributed by atoms with Crippen LogP contribution in [0.15, 0.2) is 52.1 Å². The van der Waals surface area contributed by atoms with E-state index in [-0.39, 0.29) is 22.6 Å². The first-order valence-electron chi connectivity index (χ1n) is 10.4. The van der Waals surface area contributed by atoms with E-state index in [0.29, 0.717) is 29.4 Å². The number of carbonyl (C=O) groups excluding carboxylic acids is 1. The van der Waals surface area contributed by atoms with Gasteiger partial charge in [0, 0.05) is 36.8 Å². The summed E-state index contributed by atoms with van der Waals surface area (Å²) in [7, 11) is 1.99. The Kier molecular flexibility index (Phi) is 7.34. The van der Waals surface area contributed by atoms with Gasteiger partial charge in [-0.2, -0.15) is 13.2 Å². The van der Waals surface area contributed by atoms with Gasteiger partial charge in [-0.1, -0.05) is 29.4 Å². The lowest BCUT2D eigenvalue weighted by Gasteiger charge is -2.35. The molecule has 0 spiro atoms. The molecule has 0 unspecified atom stereocenters. The van der Waals surface area contributed by atoms with Crippen LogP contribution in [0, 0.1) is 0 Å². The zero-order valence-electron chi connectivity index (χ0n) is 18.1. The lowest BCUT2D eigenvalue weighted by molar-refractivity contribution is -0.137. The van der Waals surface area contributed by atoms with E-state index in [9.17, 15) is 18.0 Å². The number of anilines is 2. The van der Waals surface area contributed by atoms with Crippen LogP contribution >= 0.6 is 23.4 Å². The molecule has 4 rings (SSSR count). The molecule has 1 aromatic heterocycles. The van der Waals surface area contributed by atoms with E-state index in [1.54, 1.807) is 24.3 Å². The van der Waals surface area contributed by atoms with Gasteiger partial charge in [-0.15, -0.1) is 10.2 Å². The van der Waals surface area contributed by atoms with Crippen molar-refractivity contribution in [3.63, 3.8) is 0 Å². The Balaban J connectivity index is 1.45. The van der Waals surface area contributed by atoms with Crippen LogP contribution in [0.2, 0.25) is 5.02 Å². The normalized spacial score (nSPS) is 14.9. The van der Waals surface area contributed by atoms with E-state index in [2.05, 4.69) is 20.4 Å². The van der Waals surface area contributed by atoms with Gasteiger partial charge in [-0.25, -0.2) is 0 Å². The predicted molar refractivity (Wildman–Crippen MR) is 125 cm³/mol. The largest absolute Gasteiger partial charge is 0.416 e. The minimum absolute atomic E-state index is 0.115. The summed E-state index contributed by atoms with van der Waals surface area (Å²) >= 11 is 6.96. The molecule has 2 heterocycles. The summed E-state index contributed by atoms with van der Waals surface area (Å²) in [5, 5.41) is 11.2. The molecule has 180 valence electrons. The number of rotatable bonds is 6. The number of aromatic nitrogens is 2. The lowest BCUT2D eigenvalue weighted by atomic mass is 10.1. The number of hydrogen-bond donors (Lipinski definition) is 1. The van der Waals surface area contributed by atoms with Crippen LogP contribution in [0.4, 0.5) is 24.5 Å². The first-order valence-corrected chi connectivity index (χ1v) is 11.7. The van der Waals surface area contributed by atoms with Crippen LogP contribution in [0.3, 0.4) is 0 Å². The minimum atomic E-state index is -4.52. The van der Waals surface area contributed by atoms with Crippen LogP contribution in [0.1, 0.15) is 5.56 Å². The fraction of sp³-hybridized carbons (Fsp3) is 0.318. The second-order valence-electron chi connectivity index (χ2n) is 7.74. The molecular formula is C22H21ClF3N5O2S. The molecule has 1 aliphatic rings. The summed E-state index contributed by atoms with van der Waals surface area (Å²) < 4.78 is 45.4. The molecule has 0 radical (unpaired) electrons. The summed E-state index contributed by atoms with van der Waals surface area (Å²) in [6.45, 7) is 2.84. The highest BCUT2D eigenvalue weighted by Gasteiger charge is 2.32. The van der Waals surface area contributed by atoms with Gasteiger partial charge in [-0.05, 0) is 43.4 Å². The molecule has 1 aliphatic heterocycles. The Morgan fingerprint density at radius 3 is 2.62 bits per heavy atom. The van der Waals surface area contributed by atoms with Crippen LogP contribution in [0.5, 0.6) is 0 Å². The van der Waals surface area contributed by atoms with E-state index in [0.717, 1.165) is 37.0 Å². The second-order valence-corrected chi connectivity index (χ2v) is 9.10. The fourth-order valence-electron chi connectivity index (χ4n) is 3.46. The zero-order chi connectivity index (χ0) is 24.3. The molecule has 0 aliphatic carbocycles. The van der Waals surface area contributed by atoms with Crippen molar-refractivity contribution in [2.75, 3.05) is 49.2 Å². The van der Waals surface area contributed by atoms with Crippen LogP contribution in [-0.4, -0.2) is 60.0 Å². The van der Waals surface area contributed by atoms with Crippen molar-refractivity contribution >= 4 is 40.6 Å². The third-order valence-electron chi connectivity index (χ3n) is 5.25. The number of hydrogen-bond acceptors (Lipinski definition) is 7. The third-order valence-corrected chi connectivity index (χ3v) is 6.30. The molecule has 7 nitrogen and oxygen atoms in total. The first kappa shape index (κ1) is 24.4. The van der Waals surface area contributed by atoms with Gasteiger partial charge >= 0.3 is 6.18 Å². The fourth-order valence-corrected chi connectivity index (χ4v) is 4.21. The van der Waals surface area contributed by atoms with Gasteiger partial charge < -0.3 is 19.5 Å². The molecule has 1 fully saturated rings. The Labute approximate surface area is 203 Å². The van der Waals surface area contributed by atoms with Crippen molar-refractivity contribution in [2.24, 2.45) is 0 Å². The highest BCUT2D eigenvalue weighted by atomic mass is 35.5. The van der Waals surface area contributed by atoms with Gasteiger partial charge in [0.25, 0.3) is 5.22 Å². The topological polar surface area (TPSA) is 74.5 Å². The minimum Gasteiger partial charge on any atom is -0.411 e. The maximum absolute atomic E-state index is 13.3. The molecule has 2 aromatic carbocycles. The highest BCUT2D eigenvalue weighted by molar-refractivity contribution is 7.99. The quantitative estimate of drug-likeness (QED) is 0.472. The molecule has 1 N–H and O–H groups in total. The molecule has 1 saturated heterocycles. The summed E-state index contributed by atoms with van der Waals surface area (Å²) in [5.41, 5.74) is 0.490. The number of benzene rings is 2. The molecular weight excluding hydrogens is 491 g/mol. The van der Waals surface area contributed by atoms with Crippen molar-refractivity contribution in [1.82, 2.24) is 15.1 Å². The van der Waals surface area contributed by atoms with Gasteiger partial charge in [0.2, 0.25) is 11.8 Å². The van der Waals surface area contributed by atoms with E-state index in [1.165, 1.54) is 6.07 Å². The summed E-state index contributed by atoms with van der Waals surface area (Å²) in [5.74, 6) is -0.349. The number of alkyl halides is 3. The average Bonchev–Trinajstić information content (AvgIpc) is 3.27. The van der Waals surface area contributed by atoms with Crippen LogP contribution in [0.25, 0.3) is 11.5 Å². The van der Waals surface area contributed by atoms with Crippen molar-refractivity contribution in [1.29, 1.82) is 0 Å². The average molecular weight is 512 g/mol. The maximum Gasteiger partial charge on any atom is 0.416 e. The molecule has 34 heavy (non-hydrogen) atoms. The van der Waals surface area contributed by atoms with E-state index in [1.807, 2.05) is 11.9 Å². The molecule has 0 bridgehead atoms. The Hall–Kier alpha value is -2.76. The number of thioether (sulfide) groups is 1. The standard InChI is InChI=1S/C22H21ClF3N5O2S/c1-30-7-9-31(10-8-30)18-6-5-15(22(24,25)26)12-17(18)27-19(32)13-34-21-29-28-20(33-21)14-3-2-4-16(23)11-14/h2-6,11-12H,7-10,13H2,1H3,(H,27,32). The van der Waals surface area contributed by atoms with E-state index >= 15 is 0 Å². The monoisotopic (exact) mass is 511 g/mol. The number of piperazine rings is 1. The van der Waals surface area contributed by atoms with Crippen LogP contribution < -0.4 is 10.2 Å². The van der Waals surface area contributed by atoms with Crippen molar-refractivity contribution < 1.29 is 22.4 Å². The number of carbonyl (C=O) groups is 1. The number of nitrogens with one attached hydrogen (secondary N) is 1. The Bertz CT molecular complexity index is 1170. The second kappa shape index (κ2) is 10.2. The number of halogens is 4. The molecule has 1 amide bonds. The number of amides is 1. The Morgan fingerprint density at radius 2 is 1.91 bits per heavy atom. The number of likely N-dealkylation sites (N-methyl/N-ethyl adjacent to an activating group) is 1. The van der Waals surface area contributed by atoms with Gasteiger partial charge in [0.1, 0.15) is 0 Å². The van der Waals surface area contributed by atoms with Crippen LogP contribution in [-0.2, 0) is 11.0 Å². The van der Waals surface area contributed by atoms with E-state index < -0.39 is 17.6 Å². The predicted octanol–water partition coefficient (Wildman–Crippen LogP) is 4.89. The van der Waals surface area contributed by atoms with Crippen molar-refractivity contribution in [3.05, 3.63) is 53.1 Å².